The van der Waals surface area contributed by atoms with E-state index in [1.54, 1.807) is 6.07 Å². The smallest absolute Gasteiger partial charge is 0.224 e. The first-order valence-corrected chi connectivity index (χ1v) is 17.5. The number of nitrogens with one attached hydrogen (secondary N) is 2. The summed E-state index contributed by atoms with van der Waals surface area (Å²) in [6.07, 6.45) is 1.78. The number of hydrogen-bond acceptors (Lipinski definition) is 5. The van der Waals surface area contributed by atoms with Gasteiger partial charge in [-0.05, 0) is 72.3 Å². The molecule has 3 aromatic rings. The number of phenols is 1. The van der Waals surface area contributed by atoms with Crippen LogP contribution in [0.15, 0.2) is 72.8 Å². The van der Waals surface area contributed by atoms with Crippen molar-refractivity contribution < 1.29 is 19.4 Å². The Morgan fingerprint density at radius 3 is 2.32 bits per heavy atom. The zero-order valence-corrected chi connectivity index (χ0v) is 26.5. The molecule has 41 heavy (non-hydrogen) atoms. The van der Waals surface area contributed by atoms with Gasteiger partial charge < -0.3 is 25.3 Å². The summed E-state index contributed by atoms with van der Waals surface area (Å²) in [6, 6.07) is 23.9. The molecule has 0 spiro atoms. The van der Waals surface area contributed by atoms with Crippen molar-refractivity contribution in [3.63, 3.8) is 0 Å². The lowest BCUT2D eigenvalue weighted by Gasteiger charge is -2.40. The molecule has 222 valence electrons. The lowest BCUT2D eigenvalue weighted by atomic mass is 10.0. The van der Waals surface area contributed by atoms with Crippen LogP contribution in [-0.4, -0.2) is 43.6 Å². The van der Waals surface area contributed by atoms with Gasteiger partial charge in [0.1, 0.15) is 5.75 Å². The molecule has 2 atom stereocenters. The van der Waals surface area contributed by atoms with Crippen LogP contribution in [0.2, 0.25) is 18.1 Å². The number of hydrogen-bond donors (Lipinski definition) is 4. The fraction of sp³-hybridized carbons (Fsp3) is 0.441. The summed E-state index contributed by atoms with van der Waals surface area (Å²) in [4.78, 5) is 12.5. The van der Waals surface area contributed by atoms with Crippen LogP contribution in [-0.2, 0) is 35.1 Å². The van der Waals surface area contributed by atoms with E-state index in [2.05, 4.69) is 75.7 Å². The normalized spacial score (nSPS) is 13.5. The number of amides is 1. The Labute approximate surface area is 247 Å². The van der Waals surface area contributed by atoms with Gasteiger partial charge in [0.2, 0.25) is 5.91 Å². The molecule has 3 rings (SSSR count). The van der Waals surface area contributed by atoms with Crippen LogP contribution >= 0.6 is 0 Å². The standard InChI is InChI=1S/C34H48N2O4Si/c1-25(19-27-13-10-14-28(20-27)21-33(39)35-18-17-26-11-8-7-9-12-26)36-23-32(40-41(5,6)34(2,3)4)29-15-16-31(38)30(22-29)24-37/h7-16,20,22,25,32,36-38H,17-19,21,23-24H2,1-6H3,(H,35,39)/t25-,32+/m1/s1. The van der Waals surface area contributed by atoms with E-state index in [-0.39, 0.29) is 35.4 Å². The molecule has 7 heteroatoms. The molecule has 4 N–H and O–H groups in total. The second kappa shape index (κ2) is 14.8. The third-order valence-electron chi connectivity index (χ3n) is 8.02. The van der Waals surface area contributed by atoms with Crippen LogP contribution in [0.3, 0.4) is 0 Å². The minimum atomic E-state index is -2.09. The SMILES string of the molecule is C[C@H](Cc1cccc(CC(=O)NCCc2ccccc2)c1)NC[C@H](O[Si](C)(C)C(C)(C)C)c1ccc(O)c(CO)c1. The number of aliphatic hydroxyl groups excluding tert-OH is 1. The maximum absolute atomic E-state index is 12.5. The van der Waals surface area contributed by atoms with Crippen molar-refractivity contribution in [1.82, 2.24) is 10.6 Å². The molecule has 0 saturated carbocycles. The summed E-state index contributed by atoms with van der Waals surface area (Å²) >= 11 is 0. The van der Waals surface area contributed by atoms with Crippen LogP contribution in [0, 0.1) is 0 Å². The second-order valence-corrected chi connectivity index (χ2v) is 17.3. The average Bonchev–Trinajstić information content (AvgIpc) is 2.91. The lowest BCUT2D eigenvalue weighted by Crippen LogP contribution is -2.44. The highest BCUT2D eigenvalue weighted by Gasteiger charge is 2.39. The zero-order valence-electron chi connectivity index (χ0n) is 25.5. The monoisotopic (exact) mass is 576 g/mol. The molecule has 0 unspecified atom stereocenters. The van der Waals surface area contributed by atoms with E-state index in [1.165, 1.54) is 11.1 Å². The van der Waals surface area contributed by atoms with Crippen LogP contribution in [0.1, 0.15) is 61.6 Å². The van der Waals surface area contributed by atoms with E-state index < -0.39 is 8.32 Å². The molecule has 0 radical (unpaired) electrons. The van der Waals surface area contributed by atoms with E-state index >= 15 is 0 Å². The fourth-order valence-corrected chi connectivity index (χ4v) is 5.82. The summed E-state index contributed by atoms with van der Waals surface area (Å²) in [6.45, 7) is 14.3. The fourth-order valence-electron chi connectivity index (χ4n) is 4.53. The van der Waals surface area contributed by atoms with Crippen molar-refractivity contribution >= 4 is 14.2 Å². The highest BCUT2D eigenvalue weighted by Crippen LogP contribution is 2.40. The van der Waals surface area contributed by atoms with Crippen LogP contribution < -0.4 is 10.6 Å². The number of benzene rings is 3. The molecule has 0 aliphatic carbocycles. The third-order valence-corrected chi connectivity index (χ3v) is 12.5. The van der Waals surface area contributed by atoms with Gasteiger partial charge in [0.25, 0.3) is 0 Å². The van der Waals surface area contributed by atoms with Gasteiger partial charge in [0.15, 0.2) is 8.32 Å². The van der Waals surface area contributed by atoms with E-state index in [0.717, 1.165) is 24.0 Å². The van der Waals surface area contributed by atoms with Gasteiger partial charge >= 0.3 is 0 Å². The number of aromatic hydroxyl groups is 1. The molecule has 3 aromatic carbocycles. The Hall–Kier alpha value is -2.97. The predicted molar refractivity (Wildman–Crippen MR) is 170 cm³/mol. The van der Waals surface area contributed by atoms with Crippen molar-refractivity contribution in [2.45, 2.75) is 83.8 Å². The molecular formula is C34H48N2O4Si. The number of rotatable bonds is 14. The summed E-state index contributed by atoms with van der Waals surface area (Å²) < 4.78 is 6.82. The molecule has 0 saturated heterocycles. The molecule has 0 aliphatic rings. The van der Waals surface area contributed by atoms with Gasteiger partial charge in [-0.25, -0.2) is 0 Å². The molecule has 0 heterocycles. The summed E-state index contributed by atoms with van der Waals surface area (Å²) in [5, 5.41) is 26.5. The van der Waals surface area contributed by atoms with E-state index in [0.29, 0.717) is 25.1 Å². The van der Waals surface area contributed by atoms with Gasteiger partial charge in [-0.2, -0.15) is 0 Å². The summed E-state index contributed by atoms with van der Waals surface area (Å²) in [5.41, 5.74) is 4.84. The Balaban J connectivity index is 1.59. The molecular weight excluding hydrogens is 528 g/mol. The lowest BCUT2D eigenvalue weighted by molar-refractivity contribution is -0.120. The maximum atomic E-state index is 12.5. The Morgan fingerprint density at radius 2 is 1.63 bits per heavy atom. The Morgan fingerprint density at radius 1 is 0.951 bits per heavy atom. The minimum absolute atomic E-state index is 0.0334. The maximum Gasteiger partial charge on any atom is 0.224 e. The molecule has 0 bridgehead atoms. The molecule has 1 amide bonds. The topological polar surface area (TPSA) is 90.8 Å². The van der Waals surface area contributed by atoms with Gasteiger partial charge in [-0.15, -0.1) is 0 Å². The predicted octanol–water partition coefficient (Wildman–Crippen LogP) is 6.07. The van der Waals surface area contributed by atoms with Crippen molar-refractivity contribution in [1.29, 1.82) is 0 Å². The highest BCUT2D eigenvalue weighted by atomic mass is 28.4. The van der Waals surface area contributed by atoms with Crippen molar-refractivity contribution in [3.8, 4) is 5.75 Å². The Bertz CT molecular complexity index is 1260. The molecule has 0 fully saturated rings. The third kappa shape index (κ3) is 10.1. The van der Waals surface area contributed by atoms with E-state index in [1.807, 2.05) is 42.5 Å². The van der Waals surface area contributed by atoms with Crippen LogP contribution in [0.4, 0.5) is 0 Å². The van der Waals surface area contributed by atoms with Crippen LogP contribution in [0.5, 0.6) is 5.75 Å². The first-order chi connectivity index (χ1) is 19.4. The highest BCUT2D eigenvalue weighted by molar-refractivity contribution is 6.74. The molecule has 0 aliphatic heterocycles. The van der Waals surface area contributed by atoms with Crippen molar-refractivity contribution in [2.24, 2.45) is 0 Å². The van der Waals surface area contributed by atoms with Gasteiger partial charge in [-0.1, -0.05) is 81.4 Å². The second-order valence-electron chi connectivity index (χ2n) is 12.5. The van der Waals surface area contributed by atoms with Crippen LogP contribution in [0.25, 0.3) is 0 Å². The van der Waals surface area contributed by atoms with Gasteiger partial charge in [-0.3, -0.25) is 4.79 Å². The largest absolute Gasteiger partial charge is 0.508 e. The van der Waals surface area contributed by atoms with Crippen molar-refractivity contribution in [3.05, 3.63) is 101 Å². The average molecular weight is 577 g/mol. The first-order valence-electron chi connectivity index (χ1n) is 14.6. The molecule has 0 aromatic heterocycles. The zero-order chi connectivity index (χ0) is 30.0. The number of carbonyl (C=O) groups excluding carboxylic acids is 1. The quantitative estimate of drug-likeness (QED) is 0.175. The Kier molecular flexibility index (Phi) is 11.7. The van der Waals surface area contributed by atoms with Crippen molar-refractivity contribution in [2.75, 3.05) is 13.1 Å². The summed E-state index contributed by atoms with van der Waals surface area (Å²) in [7, 11) is -2.09. The summed E-state index contributed by atoms with van der Waals surface area (Å²) in [5.74, 6) is 0.124. The number of carbonyl (C=O) groups is 1. The van der Waals surface area contributed by atoms with E-state index in [4.69, 9.17) is 4.43 Å². The number of aliphatic hydroxyl groups is 1. The minimum Gasteiger partial charge on any atom is -0.508 e. The van der Waals surface area contributed by atoms with E-state index in [9.17, 15) is 15.0 Å². The van der Waals surface area contributed by atoms with Gasteiger partial charge in [0, 0.05) is 24.7 Å². The molecule has 6 nitrogen and oxygen atoms in total. The first kappa shape index (κ1) is 32.5. The van der Waals surface area contributed by atoms with Gasteiger partial charge in [0.05, 0.1) is 19.1 Å².